The van der Waals surface area contributed by atoms with E-state index in [9.17, 15) is 14.4 Å². The predicted molar refractivity (Wildman–Crippen MR) is 89.8 cm³/mol. The first-order valence-electron chi connectivity index (χ1n) is 8.17. The Balaban J connectivity index is 1.81. The van der Waals surface area contributed by atoms with Gasteiger partial charge in [0.15, 0.2) is 0 Å². The van der Waals surface area contributed by atoms with Gasteiger partial charge in [0.1, 0.15) is 12.6 Å². The van der Waals surface area contributed by atoms with Crippen molar-refractivity contribution in [2.75, 3.05) is 13.7 Å². The highest BCUT2D eigenvalue weighted by Crippen LogP contribution is 2.44. The number of para-hydroxylation sites is 1. The molecule has 1 aromatic heterocycles. The SMILES string of the molecule is COC(=O)CN1C(=O)C2Cc3c([nH]c4ccccc34)C(C)(C)N2C1=O. The molecule has 0 aliphatic carbocycles. The number of fused-ring (bicyclic) bond motifs is 4. The van der Waals surface area contributed by atoms with Gasteiger partial charge in [-0.2, -0.15) is 0 Å². The molecule has 2 aliphatic heterocycles. The Bertz CT molecular complexity index is 914. The molecule has 7 nitrogen and oxygen atoms in total. The van der Waals surface area contributed by atoms with Gasteiger partial charge < -0.3 is 14.6 Å². The van der Waals surface area contributed by atoms with E-state index in [-0.39, 0.29) is 12.5 Å². The fourth-order valence-corrected chi connectivity index (χ4v) is 4.04. The minimum Gasteiger partial charge on any atom is -0.468 e. The van der Waals surface area contributed by atoms with Crippen LogP contribution in [0.4, 0.5) is 4.79 Å². The second kappa shape index (κ2) is 5.08. The van der Waals surface area contributed by atoms with E-state index in [1.807, 2.05) is 38.1 Å². The molecule has 3 heterocycles. The van der Waals surface area contributed by atoms with E-state index in [1.165, 1.54) is 7.11 Å². The molecule has 0 spiro atoms. The van der Waals surface area contributed by atoms with Gasteiger partial charge >= 0.3 is 12.0 Å². The standard InChI is InChI=1S/C18H19N3O4/c1-18(2)15-11(10-6-4-5-7-12(10)19-15)8-13-16(23)20(9-14(22)25-3)17(24)21(13)18/h4-7,13,19H,8-9H2,1-3H3. The number of ether oxygens (including phenoxy) is 1. The van der Waals surface area contributed by atoms with Crippen LogP contribution in [0, 0.1) is 0 Å². The summed E-state index contributed by atoms with van der Waals surface area (Å²) in [6.45, 7) is 3.48. The number of carbonyl (C=O) groups is 3. The Morgan fingerprint density at radius 2 is 2.04 bits per heavy atom. The summed E-state index contributed by atoms with van der Waals surface area (Å²) in [5.41, 5.74) is 2.30. The number of benzene rings is 1. The number of imide groups is 1. The lowest BCUT2D eigenvalue weighted by atomic mass is 9.85. The average molecular weight is 341 g/mol. The van der Waals surface area contributed by atoms with Gasteiger partial charge in [0.05, 0.1) is 12.6 Å². The number of urea groups is 1. The van der Waals surface area contributed by atoms with E-state index in [2.05, 4.69) is 9.72 Å². The highest BCUT2D eigenvalue weighted by molar-refractivity contribution is 6.07. The number of rotatable bonds is 2. The van der Waals surface area contributed by atoms with Crippen molar-refractivity contribution >= 4 is 28.8 Å². The number of aromatic amines is 1. The normalized spacial score (nSPS) is 21.5. The molecule has 1 fully saturated rings. The molecule has 3 amide bonds. The molecule has 130 valence electrons. The maximum absolute atomic E-state index is 12.9. The first-order chi connectivity index (χ1) is 11.9. The van der Waals surface area contributed by atoms with E-state index < -0.39 is 23.6 Å². The zero-order chi connectivity index (χ0) is 17.9. The third-order valence-corrected chi connectivity index (χ3v) is 5.24. The van der Waals surface area contributed by atoms with E-state index in [0.717, 1.165) is 27.1 Å². The van der Waals surface area contributed by atoms with Gasteiger partial charge in [0.25, 0.3) is 5.91 Å². The molecular weight excluding hydrogens is 322 g/mol. The molecule has 1 N–H and O–H groups in total. The minimum absolute atomic E-state index is 0.348. The van der Waals surface area contributed by atoms with Crippen LogP contribution < -0.4 is 0 Å². The van der Waals surface area contributed by atoms with Crippen LogP contribution in [0.1, 0.15) is 25.1 Å². The summed E-state index contributed by atoms with van der Waals surface area (Å²) >= 11 is 0. The smallest absolute Gasteiger partial charge is 0.328 e. The first-order valence-corrected chi connectivity index (χ1v) is 8.17. The Morgan fingerprint density at radius 1 is 1.32 bits per heavy atom. The molecule has 4 rings (SSSR count). The Labute approximate surface area is 144 Å². The lowest BCUT2D eigenvalue weighted by Gasteiger charge is -2.42. The number of H-pyrrole nitrogens is 1. The molecule has 0 saturated carbocycles. The highest BCUT2D eigenvalue weighted by Gasteiger charge is 2.55. The molecule has 0 bridgehead atoms. The third-order valence-electron chi connectivity index (χ3n) is 5.24. The number of nitrogens with zero attached hydrogens (tertiary/aromatic N) is 2. The number of carbonyl (C=O) groups excluding carboxylic acids is 3. The summed E-state index contributed by atoms with van der Waals surface area (Å²) < 4.78 is 4.61. The Morgan fingerprint density at radius 3 is 2.76 bits per heavy atom. The molecule has 1 atom stereocenters. The fourth-order valence-electron chi connectivity index (χ4n) is 4.04. The van der Waals surface area contributed by atoms with Crippen LogP contribution >= 0.6 is 0 Å². The molecule has 2 aromatic rings. The zero-order valence-corrected chi connectivity index (χ0v) is 14.3. The largest absolute Gasteiger partial charge is 0.468 e. The van der Waals surface area contributed by atoms with E-state index >= 15 is 0 Å². The summed E-state index contributed by atoms with van der Waals surface area (Å²) in [6, 6.07) is 6.87. The summed E-state index contributed by atoms with van der Waals surface area (Å²) in [5, 5.41) is 1.07. The molecular formula is C18H19N3O4. The van der Waals surface area contributed by atoms with Gasteiger partial charge in [-0.15, -0.1) is 0 Å². The first kappa shape index (κ1) is 15.7. The maximum atomic E-state index is 12.9. The number of hydrogen-bond donors (Lipinski definition) is 1. The van der Waals surface area contributed by atoms with Crippen LogP contribution in [0.25, 0.3) is 10.9 Å². The Kier molecular flexibility index (Phi) is 3.19. The number of aromatic nitrogens is 1. The third kappa shape index (κ3) is 2.01. The number of amides is 3. The van der Waals surface area contributed by atoms with E-state index in [1.54, 1.807) is 4.90 Å². The lowest BCUT2D eigenvalue weighted by Crippen LogP contribution is -2.52. The summed E-state index contributed by atoms with van der Waals surface area (Å²) in [7, 11) is 1.24. The van der Waals surface area contributed by atoms with Crippen molar-refractivity contribution in [3.63, 3.8) is 0 Å². The summed E-state index contributed by atoms with van der Waals surface area (Å²) in [5.74, 6) is -0.956. The number of esters is 1. The van der Waals surface area contributed by atoms with Crippen molar-refractivity contribution in [1.82, 2.24) is 14.8 Å². The second-order valence-corrected chi connectivity index (χ2v) is 6.96. The van der Waals surface area contributed by atoms with Crippen LogP contribution in [-0.2, 0) is 26.3 Å². The molecule has 1 unspecified atom stereocenters. The van der Waals surface area contributed by atoms with Crippen molar-refractivity contribution in [2.24, 2.45) is 0 Å². The number of nitrogens with one attached hydrogen (secondary N) is 1. The lowest BCUT2D eigenvalue weighted by molar-refractivity contribution is -0.144. The van der Waals surface area contributed by atoms with Gasteiger partial charge in [-0.05, 0) is 25.5 Å². The maximum Gasteiger partial charge on any atom is 0.328 e. The quantitative estimate of drug-likeness (QED) is 0.666. The van der Waals surface area contributed by atoms with Gasteiger partial charge in [0.2, 0.25) is 0 Å². The molecule has 25 heavy (non-hydrogen) atoms. The van der Waals surface area contributed by atoms with Gasteiger partial charge in [-0.25, -0.2) is 4.79 Å². The summed E-state index contributed by atoms with van der Waals surface area (Å²) in [6.07, 6.45) is 0.436. The summed E-state index contributed by atoms with van der Waals surface area (Å²) in [4.78, 5) is 43.2. The van der Waals surface area contributed by atoms with Gasteiger partial charge in [-0.1, -0.05) is 18.2 Å². The van der Waals surface area contributed by atoms with Crippen molar-refractivity contribution in [3.8, 4) is 0 Å². The zero-order valence-electron chi connectivity index (χ0n) is 14.3. The van der Waals surface area contributed by atoms with Gasteiger partial charge in [-0.3, -0.25) is 14.5 Å². The Hall–Kier alpha value is -2.83. The van der Waals surface area contributed by atoms with Crippen molar-refractivity contribution in [3.05, 3.63) is 35.5 Å². The van der Waals surface area contributed by atoms with E-state index in [4.69, 9.17) is 0 Å². The number of hydrogen-bond acceptors (Lipinski definition) is 4. The van der Waals surface area contributed by atoms with Crippen molar-refractivity contribution in [1.29, 1.82) is 0 Å². The van der Waals surface area contributed by atoms with Crippen LogP contribution in [0.3, 0.4) is 0 Å². The van der Waals surface area contributed by atoms with Crippen LogP contribution in [-0.4, -0.2) is 52.4 Å². The topological polar surface area (TPSA) is 82.7 Å². The monoisotopic (exact) mass is 341 g/mol. The molecule has 0 radical (unpaired) electrons. The fraction of sp³-hybridized carbons (Fsp3) is 0.389. The van der Waals surface area contributed by atoms with Crippen molar-refractivity contribution < 1.29 is 19.1 Å². The van der Waals surface area contributed by atoms with Crippen molar-refractivity contribution in [2.45, 2.75) is 31.8 Å². The molecule has 2 aliphatic rings. The van der Waals surface area contributed by atoms with Gasteiger partial charge in [0, 0.05) is 23.0 Å². The highest BCUT2D eigenvalue weighted by atomic mass is 16.5. The second-order valence-electron chi connectivity index (χ2n) is 6.96. The molecule has 1 aromatic carbocycles. The van der Waals surface area contributed by atoms with Crippen LogP contribution in [0.5, 0.6) is 0 Å². The van der Waals surface area contributed by atoms with E-state index in [0.29, 0.717) is 6.42 Å². The van der Waals surface area contributed by atoms with Crippen LogP contribution in [0.15, 0.2) is 24.3 Å². The predicted octanol–water partition coefficient (Wildman–Crippen LogP) is 1.76. The van der Waals surface area contributed by atoms with Crippen LogP contribution in [0.2, 0.25) is 0 Å². The molecule has 1 saturated heterocycles. The molecule has 7 heteroatoms. The average Bonchev–Trinajstić information content (AvgIpc) is 3.07. The number of methoxy groups -OCH3 is 1. The minimum atomic E-state index is -0.686.